The fourth-order valence-corrected chi connectivity index (χ4v) is 2.68. The number of carbonyl (C=O) groups excluding carboxylic acids is 1. The summed E-state index contributed by atoms with van der Waals surface area (Å²) in [6.45, 7) is 5.60. The molecular weight excluding hydrogens is 371 g/mol. The van der Waals surface area contributed by atoms with Crippen LogP contribution in [0.4, 0.5) is 4.39 Å². The number of hydrogen-bond donors (Lipinski definition) is 4. The molecule has 1 unspecified atom stereocenters. The van der Waals surface area contributed by atoms with Crippen LogP contribution >= 0.6 is 0 Å². The second-order valence-corrected chi connectivity index (χ2v) is 6.62. The normalized spacial score (nSPS) is 12.3. The predicted molar refractivity (Wildman–Crippen MR) is 113 cm³/mol. The number of halogens is 1. The number of guanidine groups is 1. The largest absolute Gasteiger partial charge is 0.388 e. The molecule has 1 atom stereocenters. The van der Waals surface area contributed by atoms with Crippen molar-refractivity contribution in [3.8, 4) is 0 Å². The summed E-state index contributed by atoms with van der Waals surface area (Å²) in [4.78, 5) is 16.5. The number of amides is 1. The molecule has 0 fully saturated rings. The molecule has 0 aliphatic heterocycles. The predicted octanol–water partition coefficient (Wildman–Crippen LogP) is 2.54. The van der Waals surface area contributed by atoms with Crippen LogP contribution in [-0.2, 0) is 0 Å². The Labute approximate surface area is 171 Å². The third kappa shape index (κ3) is 7.54. The van der Waals surface area contributed by atoms with Crippen molar-refractivity contribution in [2.45, 2.75) is 26.4 Å². The van der Waals surface area contributed by atoms with E-state index in [0.29, 0.717) is 49.7 Å². The fourth-order valence-electron chi connectivity index (χ4n) is 2.68. The standard InChI is InChI=1S/C22H29FN4O2/c1-3-24-22(26-12-11-20(28)17-7-5-4-6-8-17)27-14-13-25-21(29)18-10-9-16(2)19(23)15-18/h4-10,15,20,28H,3,11-14H2,1-2H3,(H,25,29)(H2,24,26,27). The van der Waals surface area contributed by atoms with Crippen LogP contribution < -0.4 is 16.0 Å². The van der Waals surface area contributed by atoms with E-state index in [0.717, 1.165) is 5.56 Å². The summed E-state index contributed by atoms with van der Waals surface area (Å²) >= 11 is 0. The van der Waals surface area contributed by atoms with Crippen molar-refractivity contribution in [2.75, 3.05) is 26.2 Å². The summed E-state index contributed by atoms with van der Waals surface area (Å²) in [5, 5.41) is 19.2. The van der Waals surface area contributed by atoms with Gasteiger partial charge in [0, 0.05) is 31.7 Å². The molecule has 0 saturated heterocycles. The maximum Gasteiger partial charge on any atom is 0.251 e. The minimum atomic E-state index is -0.558. The van der Waals surface area contributed by atoms with Crippen molar-refractivity contribution >= 4 is 11.9 Å². The molecular formula is C22H29FN4O2. The summed E-state index contributed by atoms with van der Waals surface area (Å²) < 4.78 is 13.6. The Kier molecular flexibility index (Phi) is 9.11. The molecule has 0 heterocycles. The Morgan fingerprint density at radius 1 is 1.10 bits per heavy atom. The molecule has 0 bridgehead atoms. The number of aliphatic imine (C=N–C) groups is 1. The Hall–Kier alpha value is -2.93. The Bertz CT molecular complexity index is 812. The van der Waals surface area contributed by atoms with Crippen molar-refractivity contribution < 1.29 is 14.3 Å². The van der Waals surface area contributed by atoms with Gasteiger partial charge in [0.2, 0.25) is 0 Å². The molecule has 0 aliphatic rings. The molecule has 0 aromatic heterocycles. The number of nitrogens with zero attached hydrogens (tertiary/aromatic N) is 1. The topological polar surface area (TPSA) is 85.8 Å². The number of aliphatic hydroxyl groups is 1. The van der Waals surface area contributed by atoms with Crippen LogP contribution in [0, 0.1) is 12.7 Å². The van der Waals surface area contributed by atoms with E-state index >= 15 is 0 Å². The van der Waals surface area contributed by atoms with E-state index < -0.39 is 11.9 Å². The van der Waals surface area contributed by atoms with Gasteiger partial charge < -0.3 is 21.1 Å². The maximum atomic E-state index is 13.6. The number of aryl methyl sites for hydroxylation is 1. The van der Waals surface area contributed by atoms with Gasteiger partial charge in [0.15, 0.2) is 5.96 Å². The summed E-state index contributed by atoms with van der Waals surface area (Å²) in [6, 6.07) is 13.9. The molecule has 2 aromatic rings. The van der Waals surface area contributed by atoms with E-state index in [1.54, 1.807) is 19.1 Å². The summed E-state index contributed by atoms with van der Waals surface area (Å²) in [5.74, 6) is -0.1000. The van der Waals surface area contributed by atoms with Crippen LogP contribution in [-0.4, -0.2) is 43.2 Å². The smallest absolute Gasteiger partial charge is 0.251 e. The SMILES string of the molecule is CCNC(=NCCC(O)c1ccccc1)NCCNC(=O)c1ccc(C)c(F)c1. The first-order valence-corrected chi connectivity index (χ1v) is 9.80. The first-order valence-electron chi connectivity index (χ1n) is 9.80. The van der Waals surface area contributed by atoms with Crippen molar-refractivity contribution in [3.05, 3.63) is 71.0 Å². The minimum absolute atomic E-state index is 0.295. The maximum absolute atomic E-state index is 13.6. The number of benzene rings is 2. The quantitative estimate of drug-likeness (QED) is 0.296. The number of carbonyl (C=O) groups is 1. The zero-order valence-corrected chi connectivity index (χ0v) is 16.9. The molecule has 0 spiro atoms. The second kappa shape index (κ2) is 11.8. The molecule has 6 nitrogen and oxygen atoms in total. The molecule has 156 valence electrons. The van der Waals surface area contributed by atoms with Crippen molar-refractivity contribution in [1.29, 1.82) is 0 Å². The van der Waals surface area contributed by atoms with Crippen LogP contribution in [0.25, 0.3) is 0 Å². The first kappa shape index (κ1) is 22.4. The van der Waals surface area contributed by atoms with E-state index in [2.05, 4.69) is 20.9 Å². The van der Waals surface area contributed by atoms with Gasteiger partial charge in [0.1, 0.15) is 5.82 Å². The second-order valence-electron chi connectivity index (χ2n) is 6.62. The number of nitrogens with one attached hydrogen (secondary N) is 3. The van der Waals surface area contributed by atoms with Crippen LogP contribution in [0.2, 0.25) is 0 Å². The van der Waals surface area contributed by atoms with Gasteiger partial charge in [-0.05, 0) is 43.5 Å². The molecule has 7 heteroatoms. The zero-order valence-electron chi connectivity index (χ0n) is 16.9. The molecule has 4 N–H and O–H groups in total. The van der Waals surface area contributed by atoms with Crippen molar-refractivity contribution in [2.24, 2.45) is 4.99 Å². The van der Waals surface area contributed by atoms with Crippen LogP contribution in [0.15, 0.2) is 53.5 Å². The highest BCUT2D eigenvalue weighted by Gasteiger charge is 2.08. The average molecular weight is 400 g/mol. The Morgan fingerprint density at radius 3 is 2.52 bits per heavy atom. The van der Waals surface area contributed by atoms with Crippen LogP contribution in [0.1, 0.15) is 40.9 Å². The summed E-state index contributed by atoms with van der Waals surface area (Å²) in [7, 11) is 0. The average Bonchev–Trinajstić information content (AvgIpc) is 2.73. The summed E-state index contributed by atoms with van der Waals surface area (Å²) in [6.07, 6.45) is -0.0481. The number of hydrogen-bond acceptors (Lipinski definition) is 3. The lowest BCUT2D eigenvalue weighted by Gasteiger charge is -2.13. The van der Waals surface area contributed by atoms with E-state index in [1.165, 1.54) is 6.07 Å². The molecule has 2 aromatic carbocycles. The van der Waals surface area contributed by atoms with E-state index in [1.807, 2.05) is 37.3 Å². The summed E-state index contributed by atoms with van der Waals surface area (Å²) in [5.41, 5.74) is 1.67. The lowest BCUT2D eigenvalue weighted by atomic mass is 10.1. The van der Waals surface area contributed by atoms with Gasteiger partial charge in [-0.1, -0.05) is 36.4 Å². The van der Waals surface area contributed by atoms with E-state index in [4.69, 9.17) is 0 Å². The zero-order chi connectivity index (χ0) is 21.1. The minimum Gasteiger partial charge on any atom is -0.388 e. The Balaban J connectivity index is 1.75. The highest BCUT2D eigenvalue weighted by Crippen LogP contribution is 2.15. The lowest BCUT2D eigenvalue weighted by molar-refractivity contribution is 0.0954. The highest BCUT2D eigenvalue weighted by molar-refractivity contribution is 5.94. The molecule has 29 heavy (non-hydrogen) atoms. The van der Waals surface area contributed by atoms with Crippen LogP contribution in [0.5, 0.6) is 0 Å². The van der Waals surface area contributed by atoms with Gasteiger partial charge in [-0.15, -0.1) is 0 Å². The van der Waals surface area contributed by atoms with Gasteiger partial charge in [-0.25, -0.2) is 4.39 Å². The Morgan fingerprint density at radius 2 is 1.83 bits per heavy atom. The lowest BCUT2D eigenvalue weighted by Crippen LogP contribution is -2.41. The molecule has 1 amide bonds. The van der Waals surface area contributed by atoms with Crippen molar-refractivity contribution in [1.82, 2.24) is 16.0 Å². The van der Waals surface area contributed by atoms with Gasteiger partial charge >= 0.3 is 0 Å². The van der Waals surface area contributed by atoms with E-state index in [-0.39, 0.29) is 5.91 Å². The third-order valence-electron chi connectivity index (χ3n) is 4.34. The van der Waals surface area contributed by atoms with Gasteiger partial charge in [0.25, 0.3) is 5.91 Å². The molecule has 0 radical (unpaired) electrons. The van der Waals surface area contributed by atoms with Gasteiger partial charge in [0.05, 0.1) is 6.10 Å². The van der Waals surface area contributed by atoms with Crippen LogP contribution in [0.3, 0.4) is 0 Å². The molecule has 2 rings (SSSR count). The van der Waals surface area contributed by atoms with E-state index in [9.17, 15) is 14.3 Å². The van der Waals surface area contributed by atoms with Crippen molar-refractivity contribution in [3.63, 3.8) is 0 Å². The van der Waals surface area contributed by atoms with Gasteiger partial charge in [-0.3, -0.25) is 9.79 Å². The number of rotatable bonds is 9. The fraction of sp³-hybridized carbons (Fsp3) is 0.364. The van der Waals surface area contributed by atoms with Gasteiger partial charge in [-0.2, -0.15) is 0 Å². The number of aliphatic hydroxyl groups excluding tert-OH is 1. The third-order valence-corrected chi connectivity index (χ3v) is 4.34. The monoisotopic (exact) mass is 400 g/mol. The first-order chi connectivity index (χ1) is 14.0. The molecule has 0 aliphatic carbocycles. The molecule has 0 saturated carbocycles. The highest BCUT2D eigenvalue weighted by atomic mass is 19.1.